The van der Waals surface area contributed by atoms with Crippen LogP contribution in [0.5, 0.6) is 5.75 Å². The van der Waals surface area contributed by atoms with E-state index in [2.05, 4.69) is 26.7 Å². The van der Waals surface area contributed by atoms with E-state index in [4.69, 9.17) is 4.74 Å². The summed E-state index contributed by atoms with van der Waals surface area (Å²) in [6.45, 7) is 2.01. The summed E-state index contributed by atoms with van der Waals surface area (Å²) in [4.78, 5) is 12.3. The molecule has 2 rings (SSSR count). The van der Waals surface area contributed by atoms with Gasteiger partial charge in [-0.25, -0.2) is 0 Å². The zero-order valence-electron chi connectivity index (χ0n) is 11.1. The molecule has 6 heteroatoms. The first kappa shape index (κ1) is 14.0. The topological polar surface area (TPSA) is 64.1 Å². The van der Waals surface area contributed by atoms with E-state index in [1.807, 2.05) is 24.3 Å². The highest BCUT2D eigenvalue weighted by molar-refractivity contribution is 7.07. The average Bonchev–Trinajstić information content (AvgIpc) is 2.90. The molecule has 1 aromatic heterocycles. The molecule has 0 saturated carbocycles. The van der Waals surface area contributed by atoms with Crippen LogP contribution in [-0.4, -0.2) is 29.1 Å². The maximum absolute atomic E-state index is 11.8. The van der Waals surface area contributed by atoms with Gasteiger partial charge in [0.25, 0.3) is 5.91 Å². The lowest BCUT2D eigenvalue weighted by Crippen LogP contribution is -2.23. The Hall–Kier alpha value is -2.39. The molecule has 0 aliphatic carbocycles. The second-order valence-corrected chi connectivity index (χ2v) is 4.63. The van der Waals surface area contributed by atoms with Crippen LogP contribution in [0.25, 0.3) is 0 Å². The summed E-state index contributed by atoms with van der Waals surface area (Å²) >= 11 is 1.08. The van der Waals surface area contributed by atoms with Crippen molar-refractivity contribution in [3.8, 4) is 17.6 Å². The lowest BCUT2D eigenvalue weighted by Gasteiger charge is -2.01. The lowest BCUT2D eigenvalue weighted by atomic mass is 10.2. The standard InChI is InChI=1S/C14H13N3O2S/c1-10-13(20-17-16-10)14(18)15-9-5-7-11-6-3-4-8-12(11)19-2/h3-4,6,8H,9H2,1-2H3,(H,15,18). The first-order valence-electron chi connectivity index (χ1n) is 5.91. The predicted octanol–water partition coefficient (Wildman–Crippen LogP) is 1.64. The molecule has 0 radical (unpaired) electrons. The zero-order valence-corrected chi connectivity index (χ0v) is 12.0. The Bertz CT molecular complexity index is 670. The number of aromatic nitrogens is 2. The normalized spacial score (nSPS) is 9.50. The zero-order chi connectivity index (χ0) is 14.4. The number of rotatable bonds is 3. The van der Waals surface area contributed by atoms with Crippen molar-refractivity contribution in [1.29, 1.82) is 0 Å². The van der Waals surface area contributed by atoms with Crippen molar-refractivity contribution >= 4 is 17.4 Å². The molecule has 1 aromatic carbocycles. The van der Waals surface area contributed by atoms with Crippen LogP contribution in [0.1, 0.15) is 20.9 Å². The van der Waals surface area contributed by atoms with Gasteiger partial charge in [0, 0.05) is 0 Å². The summed E-state index contributed by atoms with van der Waals surface area (Å²) < 4.78 is 8.91. The minimum absolute atomic E-state index is 0.202. The van der Waals surface area contributed by atoms with Gasteiger partial charge in [-0.15, -0.1) is 5.10 Å². The Morgan fingerprint density at radius 1 is 1.45 bits per heavy atom. The third-order valence-electron chi connectivity index (χ3n) is 2.53. The van der Waals surface area contributed by atoms with Gasteiger partial charge in [-0.1, -0.05) is 28.5 Å². The molecular formula is C14H13N3O2S. The molecular weight excluding hydrogens is 274 g/mol. The van der Waals surface area contributed by atoms with E-state index in [9.17, 15) is 4.79 Å². The number of nitrogens with zero attached hydrogens (tertiary/aromatic N) is 2. The van der Waals surface area contributed by atoms with Crippen LogP contribution in [-0.2, 0) is 0 Å². The van der Waals surface area contributed by atoms with Gasteiger partial charge in [0.05, 0.1) is 24.9 Å². The van der Waals surface area contributed by atoms with Gasteiger partial charge in [-0.2, -0.15) is 0 Å². The fraction of sp³-hybridized carbons (Fsp3) is 0.214. The van der Waals surface area contributed by atoms with Gasteiger partial charge in [0.1, 0.15) is 10.6 Å². The Morgan fingerprint density at radius 2 is 2.25 bits per heavy atom. The third-order valence-corrected chi connectivity index (χ3v) is 3.35. The van der Waals surface area contributed by atoms with E-state index in [-0.39, 0.29) is 12.5 Å². The van der Waals surface area contributed by atoms with E-state index in [1.54, 1.807) is 14.0 Å². The van der Waals surface area contributed by atoms with Gasteiger partial charge >= 0.3 is 0 Å². The summed E-state index contributed by atoms with van der Waals surface area (Å²) in [7, 11) is 1.60. The summed E-state index contributed by atoms with van der Waals surface area (Å²) in [6.07, 6.45) is 0. The number of ether oxygens (including phenoxy) is 1. The molecule has 0 spiro atoms. The van der Waals surface area contributed by atoms with Crippen molar-refractivity contribution in [1.82, 2.24) is 14.9 Å². The van der Waals surface area contributed by atoms with Gasteiger partial charge in [-0.05, 0) is 30.6 Å². The predicted molar refractivity (Wildman–Crippen MR) is 76.9 cm³/mol. The number of carbonyl (C=O) groups excluding carboxylic acids is 1. The molecule has 20 heavy (non-hydrogen) atoms. The molecule has 0 aliphatic heterocycles. The molecule has 0 fully saturated rings. The van der Waals surface area contributed by atoms with Crippen LogP contribution in [0.2, 0.25) is 0 Å². The van der Waals surface area contributed by atoms with E-state index < -0.39 is 0 Å². The monoisotopic (exact) mass is 287 g/mol. The molecule has 102 valence electrons. The van der Waals surface area contributed by atoms with Crippen molar-refractivity contribution < 1.29 is 9.53 Å². The minimum atomic E-state index is -0.202. The van der Waals surface area contributed by atoms with Crippen LogP contribution in [0.4, 0.5) is 0 Å². The number of aryl methyl sites for hydroxylation is 1. The number of methoxy groups -OCH3 is 1. The van der Waals surface area contributed by atoms with E-state index in [1.165, 1.54) is 0 Å². The first-order valence-corrected chi connectivity index (χ1v) is 6.68. The molecule has 0 aliphatic rings. The number of benzene rings is 1. The maximum Gasteiger partial charge on any atom is 0.265 e. The van der Waals surface area contributed by atoms with E-state index in [0.717, 1.165) is 17.1 Å². The molecule has 0 saturated heterocycles. The van der Waals surface area contributed by atoms with Crippen LogP contribution in [0.3, 0.4) is 0 Å². The largest absolute Gasteiger partial charge is 0.495 e. The Morgan fingerprint density at radius 3 is 2.95 bits per heavy atom. The second-order valence-electron chi connectivity index (χ2n) is 3.87. The molecule has 0 unspecified atom stereocenters. The molecule has 1 heterocycles. The quantitative estimate of drug-likeness (QED) is 0.872. The van der Waals surface area contributed by atoms with Gasteiger partial charge in [-0.3, -0.25) is 4.79 Å². The highest BCUT2D eigenvalue weighted by atomic mass is 32.1. The van der Waals surface area contributed by atoms with Crippen molar-refractivity contribution in [3.05, 3.63) is 40.4 Å². The van der Waals surface area contributed by atoms with Crippen molar-refractivity contribution in [2.75, 3.05) is 13.7 Å². The molecule has 0 atom stereocenters. The van der Waals surface area contributed by atoms with Crippen LogP contribution in [0, 0.1) is 18.8 Å². The number of nitrogens with one attached hydrogen (secondary N) is 1. The van der Waals surface area contributed by atoms with Crippen LogP contribution < -0.4 is 10.1 Å². The second kappa shape index (κ2) is 6.68. The molecule has 5 nitrogen and oxygen atoms in total. The fourth-order valence-electron chi connectivity index (χ4n) is 1.53. The van der Waals surface area contributed by atoms with Gasteiger partial charge in [0.15, 0.2) is 0 Å². The number of amides is 1. The SMILES string of the molecule is COc1ccccc1C#CCNC(=O)c1snnc1C. The molecule has 1 amide bonds. The smallest absolute Gasteiger partial charge is 0.265 e. The van der Waals surface area contributed by atoms with Crippen LogP contribution >= 0.6 is 11.5 Å². The minimum Gasteiger partial charge on any atom is -0.495 e. The molecule has 0 bridgehead atoms. The summed E-state index contributed by atoms with van der Waals surface area (Å²) in [5.41, 5.74) is 1.42. The Labute approximate surface area is 121 Å². The third kappa shape index (κ3) is 3.33. The number of para-hydroxylation sites is 1. The summed E-state index contributed by atoms with van der Waals surface area (Å²) in [6, 6.07) is 7.47. The number of carbonyl (C=O) groups is 1. The maximum atomic E-state index is 11.8. The van der Waals surface area contributed by atoms with E-state index >= 15 is 0 Å². The first-order chi connectivity index (χ1) is 9.72. The lowest BCUT2D eigenvalue weighted by molar-refractivity contribution is 0.0962. The van der Waals surface area contributed by atoms with Crippen LogP contribution in [0.15, 0.2) is 24.3 Å². The number of hydrogen-bond acceptors (Lipinski definition) is 5. The number of hydrogen-bond donors (Lipinski definition) is 1. The average molecular weight is 287 g/mol. The molecule has 1 N–H and O–H groups in total. The highest BCUT2D eigenvalue weighted by Gasteiger charge is 2.11. The molecule has 2 aromatic rings. The summed E-state index contributed by atoms with van der Waals surface area (Å²) in [5, 5.41) is 6.50. The highest BCUT2D eigenvalue weighted by Crippen LogP contribution is 2.15. The fourth-order valence-corrected chi connectivity index (χ4v) is 2.10. The van der Waals surface area contributed by atoms with Crippen molar-refractivity contribution in [2.24, 2.45) is 0 Å². The van der Waals surface area contributed by atoms with Crippen molar-refractivity contribution in [3.63, 3.8) is 0 Å². The summed E-state index contributed by atoms with van der Waals surface area (Å²) in [5.74, 6) is 6.37. The van der Waals surface area contributed by atoms with Gasteiger partial charge in [0.2, 0.25) is 0 Å². The van der Waals surface area contributed by atoms with E-state index in [0.29, 0.717) is 16.3 Å². The Balaban J connectivity index is 1.95. The van der Waals surface area contributed by atoms with Gasteiger partial charge < -0.3 is 10.1 Å². The Kier molecular flexibility index (Phi) is 4.69. The van der Waals surface area contributed by atoms with Crippen molar-refractivity contribution in [2.45, 2.75) is 6.92 Å².